The Hall–Kier alpha value is -3.26. The average molecular weight is 609 g/mol. The fourth-order valence-electron chi connectivity index (χ4n) is 4.08. The first-order chi connectivity index (χ1) is 18.4. The molecule has 8 heteroatoms. The van der Waals surface area contributed by atoms with Gasteiger partial charge in [-0.2, -0.15) is 0 Å². The smallest absolute Gasteiger partial charge is 0.293 e. The van der Waals surface area contributed by atoms with E-state index in [-0.39, 0.29) is 17.7 Å². The summed E-state index contributed by atoms with van der Waals surface area (Å²) in [5.41, 5.74) is 2.58. The number of nitrogens with zero attached hydrogens (tertiary/aromatic N) is 1. The van der Waals surface area contributed by atoms with Crippen LogP contribution < -0.4 is 9.47 Å². The number of thioether (sulfide) groups is 1. The molecule has 2 amide bonds. The number of carbonyl (C=O) groups is 2. The second kappa shape index (κ2) is 11.6. The molecule has 0 N–H and O–H groups in total. The Morgan fingerprint density at radius 1 is 0.895 bits per heavy atom. The molecule has 0 atom stereocenters. The third-order valence-electron chi connectivity index (χ3n) is 5.99. The van der Waals surface area contributed by atoms with Gasteiger partial charge < -0.3 is 9.47 Å². The zero-order valence-corrected chi connectivity index (χ0v) is 23.6. The highest BCUT2D eigenvalue weighted by Crippen LogP contribution is 2.39. The number of ether oxygens (including phenoxy) is 2. The van der Waals surface area contributed by atoms with Gasteiger partial charge in [0.15, 0.2) is 11.5 Å². The van der Waals surface area contributed by atoms with E-state index in [0.29, 0.717) is 40.2 Å². The van der Waals surface area contributed by atoms with E-state index >= 15 is 0 Å². The molecule has 0 bridgehead atoms. The largest absolute Gasteiger partial charge is 0.490 e. The minimum absolute atomic E-state index is 0.187. The first-order valence-electron chi connectivity index (χ1n) is 12.0. The second-order valence-electron chi connectivity index (χ2n) is 8.62. The Kier molecular flexibility index (Phi) is 8.07. The molecule has 0 aliphatic carbocycles. The predicted molar refractivity (Wildman–Crippen MR) is 157 cm³/mol. The molecule has 0 saturated carbocycles. The summed E-state index contributed by atoms with van der Waals surface area (Å²) in [4.78, 5) is 27.2. The molecule has 4 aromatic rings. The predicted octanol–water partition coefficient (Wildman–Crippen LogP) is 8.47. The maximum atomic E-state index is 13.1. The summed E-state index contributed by atoms with van der Waals surface area (Å²) >= 11 is 10.5. The highest BCUT2D eigenvalue weighted by molar-refractivity contribution is 9.10. The fraction of sp³-hybridized carbons (Fsp3) is 0.133. The summed E-state index contributed by atoms with van der Waals surface area (Å²) in [6.07, 6.45) is 1.70. The van der Waals surface area contributed by atoms with Crippen LogP contribution in [0.15, 0.2) is 88.2 Å². The van der Waals surface area contributed by atoms with Crippen LogP contribution in [0.4, 0.5) is 4.79 Å². The number of imide groups is 1. The molecule has 38 heavy (non-hydrogen) atoms. The molecular weight excluding hydrogens is 586 g/mol. The molecular formula is C30H23BrClNO4S. The topological polar surface area (TPSA) is 55.8 Å². The first kappa shape index (κ1) is 26.4. The minimum Gasteiger partial charge on any atom is -0.490 e. The molecule has 0 spiro atoms. The van der Waals surface area contributed by atoms with Crippen molar-refractivity contribution in [2.75, 3.05) is 6.61 Å². The van der Waals surface area contributed by atoms with Crippen molar-refractivity contribution in [1.29, 1.82) is 0 Å². The first-order valence-corrected chi connectivity index (χ1v) is 14.0. The highest BCUT2D eigenvalue weighted by atomic mass is 79.9. The molecule has 1 heterocycles. The summed E-state index contributed by atoms with van der Waals surface area (Å²) in [6, 6.07) is 25.2. The van der Waals surface area contributed by atoms with E-state index in [1.807, 2.05) is 37.3 Å². The number of carbonyl (C=O) groups excluding carboxylic acids is 2. The van der Waals surface area contributed by atoms with Crippen molar-refractivity contribution in [3.8, 4) is 11.5 Å². The van der Waals surface area contributed by atoms with Gasteiger partial charge >= 0.3 is 0 Å². The van der Waals surface area contributed by atoms with Gasteiger partial charge in [-0.25, -0.2) is 0 Å². The third-order valence-corrected chi connectivity index (χ3v) is 7.83. The van der Waals surface area contributed by atoms with Crippen molar-refractivity contribution in [2.45, 2.75) is 20.1 Å². The molecule has 1 aliphatic rings. The summed E-state index contributed by atoms with van der Waals surface area (Å²) in [7, 11) is 0. The Morgan fingerprint density at radius 3 is 2.37 bits per heavy atom. The van der Waals surface area contributed by atoms with E-state index in [1.54, 1.807) is 30.3 Å². The summed E-state index contributed by atoms with van der Waals surface area (Å²) in [5, 5.41) is 2.62. The summed E-state index contributed by atoms with van der Waals surface area (Å²) in [5.74, 6) is 0.805. The Morgan fingerprint density at radius 2 is 1.61 bits per heavy atom. The van der Waals surface area contributed by atoms with E-state index in [1.165, 1.54) is 10.3 Å². The maximum absolute atomic E-state index is 13.1. The highest BCUT2D eigenvalue weighted by Gasteiger charge is 2.35. The molecule has 0 unspecified atom stereocenters. The van der Waals surface area contributed by atoms with Crippen LogP contribution in [0.5, 0.6) is 11.5 Å². The molecule has 1 saturated heterocycles. The standard InChI is InChI=1S/C30H23BrClNO4S/c1-2-36-26-14-23(15-28-29(34)33(30(35)38-28)17-19-8-11-24(32)12-9-19)25(31)16-27(26)37-18-20-7-10-21-5-3-4-6-22(21)13-20/h3-16H,2,17-18H2,1H3/b28-15-. The minimum atomic E-state index is -0.337. The zero-order chi connectivity index (χ0) is 26.6. The van der Waals surface area contributed by atoms with Crippen LogP contribution in [-0.4, -0.2) is 22.7 Å². The van der Waals surface area contributed by atoms with Gasteiger partial charge in [0.25, 0.3) is 11.1 Å². The summed E-state index contributed by atoms with van der Waals surface area (Å²) < 4.78 is 12.7. The molecule has 192 valence electrons. The van der Waals surface area contributed by atoms with Crippen LogP contribution in [0.25, 0.3) is 16.8 Å². The van der Waals surface area contributed by atoms with E-state index in [9.17, 15) is 9.59 Å². The monoisotopic (exact) mass is 607 g/mol. The van der Waals surface area contributed by atoms with Crippen LogP contribution in [0.2, 0.25) is 5.02 Å². The molecule has 5 nitrogen and oxygen atoms in total. The molecule has 0 aromatic heterocycles. The molecule has 0 radical (unpaired) electrons. The lowest BCUT2D eigenvalue weighted by Gasteiger charge is -2.15. The lowest BCUT2D eigenvalue weighted by atomic mass is 10.1. The van der Waals surface area contributed by atoms with Crippen LogP contribution in [0.3, 0.4) is 0 Å². The van der Waals surface area contributed by atoms with Gasteiger partial charge in [0.1, 0.15) is 6.61 Å². The number of hydrogen-bond donors (Lipinski definition) is 0. The molecule has 4 aromatic carbocycles. The zero-order valence-electron chi connectivity index (χ0n) is 20.4. The van der Waals surface area contributed by atoms with Crippen molar-refractivity contribution in [3.63, 3.8) is 0 Å². The number of halogens is 2. The Labute approximate surface area is 238 Å². The molecule has 1 fully saturated rings. The van der Waals surface area contributed by atoms with E-state index < -0.39 is 0 Å². The van der Waals surface area contributed by atoms with Gasteiger partial charge in [0.2, 0.25) is 0 Å². The van der Waals surface area contributed by atoms with Crippen molar-refractivity contribution >= 4 is 67.3 Å². The fourth-order valence-corrected chi connectivity index (χ4v) is 5.47. The number of hydrogen-bond acceptors (Lipinski definition) is 5. The lowest BCUT2D eigenvalue weighted by molar-refractivity contribution is -0.123. The number of rotatable bonds is 8. The van der Waals surface area contributed by atoms with Gasteiger partial charge in [-0.15, -0.1) is 0 Å². The van der Waals surface area contributed by atoms with Crippen LogP contribution in [0, 0.1) is 0 Å². The Bertz CT molecular complexity index is 1550. The summed E-state index contributed by atoms with van der Waals surface area (Å²) in [6.45, 7) is 2.91. The Balaban J connectivity index is 1.35. The van der Waals surface area contributed by atoms with Crippen LogP contribution in [0.1, 0.15) is 23.6 Å². The maximum Gasteiger partial charge on any atom is 0.293 e. The molecule has 1 aliphatic heterocycles. The van der Waals surface area contributed by atoms with E-state index in [4.69, 9.17) is 21.1 Å². The van der Waals surface area contributed by atoms with Gasteiger partial charge in [-0.1, -0.05) is 76.1 Å². The number of amides is 2. The van der Waals surface area contributed by atoms with Gasteiger partial charge in [0, 0.05) is 9.50 Å². The van der Waals surface area contributed by atoms with Gasteiger partial charge in [-0.3, -0.25) is 14.5 Å². The van der Waals surface area contributed by atoms with Crippen LogP contribution in [-0.2, 0) is 17.9 Å². The van der Waals surface area contributed by atoms with Gasteiger partial charge in [-0.05, 0) is 82.6 Å². The second-order valence-corrected chi connectivity index (χ2v) is 10.9. The normalized spacial score (nSPS) is 14.5. The van der Waals surface area contributed by atoms with Crippen molar-refractivity contribution in [1.82, 2.24) is 4.90 Å². The van der Waals surface area contributed by atoms with Crippen molar-refractivity contribution < 1.29 is 19.1 Å². The third kappa shape index (κ3) is 5.90. The lowest BCUT2D eigenvalue weighted by Crippen LogP contribution is -2.27. The van der Waals surface area contributed by atoms with E-state index in [2.05, 4.69) is 40.2 Å². The van der Waals surface area contributed by atoms with Crippen molar-refractivity contribution in [3.05, 3.63) is 110 Å². The molecule has 5 rings (SSSR count). The van der Waals surface area contributed by atoms with Crippen molar-refractivity contribution in [2.24, 2.45) is 0 Å². The van der Waals surface area contributed by atoms with Crippen LogP contribution >= 0.6 is 39.3 Å². The van der Waals surface area contributed by atoms with Gasteiger partial charge in [0.05, 0.1) is 18.1 Å². The quantitative estimate of drug-likeness (QED) is 0.188. The number of benzene rings is 4. The SMILES string of the molecule is CCOc1cc(/C=C2\SC(=O)N(Cc3ccc(Cl)cc3)C2=O)c(Br)cc1OCc1ccc2ccccc2c1. The average Bonchev–Trinajstić information content (AvgIpc) is 3.18. The number of fused-ring (bicyclic) bond motifs is 1. The van der Waals surface area contributed by atoms with E-state index in [0.717, 1.165) is 32.7 Å².